The molecule has 1 aliphatic carbocycles. The van der Waals surface area contributed by atoms with Crippen molar-refractivity contribution in [3.63, 3.8) is 0 Å². The van der Waals surface area contributed by atoms with Crippen LogP contribution in [0.5, 0.6) is 0 Å². The highest BCUT2D eigenvalue weighted by Gasteiger charge is 2.40. The van der Waals surface area contributed by atoms with Crippen LogP contribution in [0.1, 0.15) is 31.2 Å². The van der Waals surface area contributed by atoms with Crippen molar-refractivity contribution < 1.29 is 22.6 Å². The highest BCUT2D eigenvalue weighted by molar-refractivity contribution is 7.20. The van der Waals surface area contributed by atoms with Crippen molar-refractivity contribution in [1.82, 2.24) is 19.6 Å². The third-order valence-electron chi connectivity index (χ3n) is 5.49. The lowest BCUT2D eigenvalue weighted by atomic mass is 9.90. The zero-order valence-corrected chi connectivity index (χ0v) is 16.6. The molecule has 1 spiro atoms. The van der Waals surface area contributed by atoms with Crippen molar-refractivity contribution >= 4 is 27.2 Å². The number of nitrogen functional groups attached to an aromatic ring is 1. The summed E-state index contributed by atoms with van der Waals surface area (Å²) in [5.41, 5.74) is 5.09. The number of hydrogen-bond acceptors (Lipinski definition) is 8. The van der Waals surface area contributed by atoms with Crippen LogP contribution < -0.4 is 11.1 Å². The van der Waals surface area contributed by atoms with Crippen LogP contribution in [0.2, 0.25) is 0 Å². The molecule has 1 saturated heterocycles. The average Bonchev–Trinajstić information content (AvgIpc) is 3.40. The van der Waals surface area contributed by atoms with Crippen molar-refractivity contribution in [2.45, 2.75) is 43.7 Å². The molecule has 2 aliphatic rings. The lowest BCUT2D eigenvalue weighted by molar-refractivity contribution is -0.177. The number of pyridine rings is 1. The number of aromatic nitrogens is 4. The summed E-state index contributed by atoms with van der Waals surface area (Å²) in [6.07, 6.45) is 1.58. The van der Waals surface area contributed by atoms with Crippen molar-refractivity contribution in [2.24, 2.45) is 0 Å². The first kappa shape index (κ1) is 19.5. The van der Waals surface area contributed by atoms with E-state index in [-0.39, 0.29) is 11.6 Å². The molecule has 3 N–H and O–H groups in total. The summed E-state index contributed by atoms with van der Waals surface area (Å²) in [5, 5.41) is 8.57. The zero-order chi connectivity index (χ0) is 20.9. The molecule has 0 unspecified atom stereocenters. The summed E-state index contributed by atoms with van der Waals surface area (Å²) in [6, 6.07) is 1.19. The molecular weight excluding hydrogens is 421 g/mol. The van der Waals surface area contributed by atoms with Gasteiger partial charge in [0.25, 0.3) is 0 Å². The maximum absolute atomic E-state index is 13.2. The van der Waals surface area contributed by atoms with Gasteiger partial charge in [-0.2, -0.15) is 13.2 Å². The van der Waals surface area contributed by atoms with E-state index in [9.17, 15) is 13.2 Å². The van der Waals surface area contributed by atoms with Gasteiger partial charge in [0.1, 0.15) is 5.82 Å². The normalized spacial score (nSPS) is 19.7. The van der Waals surface area contributed by atoms with Crippen LogP contribution in [0.25, 0.3) is 16.2 Å². The molecule has 0 atom stereocenters. The highest BCUT2D eigenvalue weighted by atomic mass is 32.1. The standard InChI is InChI=1S/C18H19F3N6O2S/c19-18(20,21)12-7-10(8-23-14(12)22)13-9-24-16-27(13)26-15(30-16)25-11-1-3-17(4-2-11)28-5-6-29-17/h7-9,11H,1-6H2,(H2,22,23)(H,25,26). The van der Waals surface area contributed by atoms with Crippen molar-refractivity contribution in [3.8, 4) is 11.3 Å². The van der Waals surface area contributed by atoms with Gasteiger partial charge in [-0.3, -0.25) is 0 Å². The van der Waals surface area contributed by atoms with Crippen LogP contribution in [0.3, 0.4) is 0 Å². The Labute approximate surface area is 173 Å². The molecule has 12 heteroatoms. The molecule has 4 heterocycles. The molecule has 30 heavy (non-hydrogen) atoms. The minimum atomic E-state index is -4.59. The molecule has 3 aromatic rings. The van der Waals surface area contributed by atoms with Gasteiger partial charge < -0.3 is 20.5 Å². The molecule has 0 aromatic carbocycles. The Hall–Kier alpha value is -2.44. The summed E-state index contributed by atoms with van der Waals surface area (Å²) in [4.78, 5) is 8.55. The Morgan fingerprint density at radius 2 is 1.90 bits per heavy atom. The zero-order valence-electron chi connectivity index (χ0n) is 15.8. The largest absolute Gasteiger partial charge is 0.419 e. The summed E-state index contributed by atoms with van der Waals surface area (Å²) >= 11 is 1.34. The van der Waals surface area contributed by atoms with Crippen molar-refractivity contribution in [2.75, 3.05) is 24.3 Å². The van der Waals surface area contributed by atoms with E-state index in [4.69, 9.17) is 15.2 Å². The number of ether oxygens (including phenoxy) is 2. The first-order chi connectivity index (χ1) is 14.3. The SMILES string of the molecule is Nc1ncc(-c2cnc3sc(NC4CCC5(CC4)OCCO5)nn23)cc1C(F)(F)F. The molecule has 160 valence electrons. The fourth-order valence-electron chi connectivity index (χ4n) is 3.95. The Bertz CT molecular complexity index is 1070. The molecule has 1 saturated carbocycles. The molecule has 0 bridgehead atoms. The fraction of sp³-hybridized carbons (Fsp3) is 0.500. The molecule has 2 fully saturated rings. The van der Waals surface area contributed by atoms with E-state index >= 15 is 0 Å². The Kier molecular flexibility index (Phi) is 4.60. The van der Waals surface area contributed by atoms with Crippen LogP contribution in [0.4, 0.5) is 24.1 Å². The van der Waals surface area contributed by atoms with E-state index in [1.807, 2.05) is 0 Å². The molecule has 3 aromatic heterocycles. The number of hydrogen-bond donors (Lipinski definition) is 2. The Balaban J connectivity index is 1.36. The lowest BCUT2D eigenvalue weighted by Crippen LogP contribution is -2.39. The summed E-state index contributed by atoms with van der Waals surface area (Å²) < 4.78 is 52.5. The number of fused-ring (bicyclic) bond motifs is 1. The first-order valence-corrected chi connectivity index (χ1v) is 10.4. The molecule has 0 radical (unpaired) electrons. The van der Waals surface area contributed by atoms with E-state index in [2.05, 4.69) is 20.4 Å². The third-order valence-corrected chi connectivity index (χ3v) is 6.35. The van der Waals surface area contributed by atoms with Gasteiger partial charge >= 0.3 is 6.18 Å². The van der Waals surface area contributed by atoms with Gasteiger partial charge in [0.15, 0.2) is 5.79 Å². The highest BCUT2D eigenvalue weighted by Crippen LogP contribution is 2.38. The predicted octanol–water partition coefficient (Wildman–Crippen LogP) is 3.55. The van der Waals surface area contributed by atoms with Crippen LogP contribution >= 0.6 is 11.3 Å². The fourth-order valence-corrected chi connectivity index (χ4v) is 4.80. The molecule has 5 rings (SSSR count). The lowest BCUT2D eigenvalue weighted by Gasteiger charge is -2.35. The summed E-state index contributed by atoms with van der Waals surface area (Å²) in [6.45, 7) is 1.28. The number of anilines is 2. The van der Waals surface area contributed by atoms with Crippen LogP contribution in [0.15, 0.2) is 18.5 Å². The van der Waals surface area contributed by atoms with Crippen molar-refractivity contribution in [1.29, 1.82) is 0 Å². The van der Waals surface area contributed by atoms with Gasteiger partial charge in [-0.25, -0.2) is 14.5 Å². The number of rotatable bonds is 3. The van der Waals surface area contributed by atoms with Crippen LogP contribution in [-0.2, 0) is 15.7 Å². The number of halogens is 3. The van der Waals surface area contributed by atoms with Gasteiger partial charge in [-0.05, 0) is 18.9 Å². The van der Waals surface area contributed by atoms with E-state index in [1.54, 1.807) is 0 Å². The predicted molar refractivity (Wildman–Crippen MR) is 104 cm³/mol. The number of nitrogens with one attached hydrogen (secondary N) is 1. The van der Waals surface area contributed by atoms with Crippen LogP contribution in [-0.4, -0.2) is 44.6 Å². The van der Waals surface area contributed by atoms with E-state index in [0.717, 1.165) is 31.7 Å². The Morgan fingerprint density at radius 3 is 2.60 bits per heavy atom. The van der Waals surface area contributed by atoms with E-state index in [1.165, 1.54) is 28.2 Å². The summed E-state index contributed by atoms with van der Waals surface area (Å²) in [5.74, 6) is -0.987. The number of nitrogens with zero attached hydrogens (tertiary/aromatic N) is 4. The van der Waals surface area contributed by atoms with Gasteiger partial charge in [-0.15, -0.1) is 5.10 Å². The maximum atomic E-state index is 13.2. The second kappa shape index (κ2) is 7.06. The third kappa shape index (κ3) is 3.48. The van der Waals surface area contributed by atoms with Gasteiger partial charge in [0.05, 0.1) is 30.7 Å². The minimum Gasteiger partial charge on any atom is -0.383 e. The molecular formula is C18H19F3N6O2S. The smallest absolute Gasteiger partial charge is 0.383 e. The first-order valence-electron chi connectivity index (χ1n) is 9.55. The molecule has 1 aliphatic heterocycles. The number of nitrogens with two attached hydrogens (primary N) is 1. The number of alkyl halides is 3. The van der Waals surface area contributed by atoms with Gasteiger partial charge in [-0.1, -0.05) is 11.3 Å². The summed E-state index contributed by atoms with van der Waals surface area (Å²) in [7, 11) is 0. The second-order valence-corrected chi connectivity index (χ2v) is 8.38. The molecule has 8 nitrogen and oxygen atoms in total. The Morgan fingerprint density at radius 1 is 1.17 bits per heavy atom. The van der Waals surface area contributed by atoms with Crippen molar-refractivity contribution in [3.05, 3.63) is 24.0 Å². The van der Waals surface area contributed by atoms with E-state index in [0.29, 0.717) is 29.0 Å². The second-order valence-electron chi connectivity index (χ2n) is 7.43. The molecule has 0 amide bonds. The van der Waals surface area contributed by atoms with E-state index < -0.39 is 23.3 Å². The quantitative estimate of drug-likeness (QED) is 0.643. The average molecular weight is 440 g/mol. The van der Waals surface area contributed by atoms with Gasteiger partial charge in [0, 0.05) is 30.6 Å². The topological polar surface area (TPSA) is 99.6 Å². The minimum absolute atomic E-state index is 0.220. The van der Waals surface area contributed by atoms with Crippen LogP contribution in [0, 0.1) is 0 Å². The van der Waals surface area contributed by atoms with Gasteiger partial charge in [0.2, 0.25) is 10.1 Å². The monoisotopic (exact) mass is 440 g/mol. The maximum Gasteiger partial charge on any atom is 0.419 e. The number of imidazole rings is 1.